The smallest absolute Gasteiger partial charge is 0.323 e. The van der Waals surface area contributed by atoms with E-state index in [4.69, 9.17) is 32.1 Å². The molecule has 1 aromatic rings. The number of nitrogens with zero attached hydrogens (tertiary/aromatic N) is 2. The maximum Gasteiger partial charge on any atom is 0.323 e. The van der Waals surface area contributed by atoms with Gasteiger partial charge in [0, 0.05) is 0 Å². The lowest BCUT2D eigenvalue weighted by Gasteiger charge is -2.11. The van der Waals surface area contributed by atoms with E-state index in [-0.39, 0.29) is 10.9 Å². The molecule has 25 heavy (non-hydrogen) atoms. The van der Waals surface area contributed by atoms with Gasteiger partial charge >= 0.3 is 5.97 Å². The van der Waals surface area contributed by atoms with E-state index in [0.29, 0.717) is 28.6 Å². The summed E-state index contributed by atoms with van der Waals surface area (Å²) in [5.41, 5.74) is 0.670. The SMILES string of the molecule is CCOc1cc(/C=C2/SC(=S)N(CC(=O)O)C2=O)ccc1OCC#N. The minimum atomic E-state index is -1.13. The predicted molar refractivity (Wildman–Crippen MR) is 96.2 cm³/mol. The number of carbonyl (C=O) groups is 2. The van der Waals surface area contributed by atoms with Gasteiger partial charge in [0.25, 0.3) is 5.91 Å². The number of hydrogen-bond donors (Lipinski definition) is 1. The maximum absolute atomic E-state index is 12.3. The second kappa shape index (κ2) is 8.50. The van der Waals surface area contributed by atoms with Crippen molar-refractivity contribution in [3.63, 3.8) is 0 Å². The number of thioether (sulfide) groups is 1. The molecule has 0 unspecified atom stereocenters. The Morgan fingerprint density at radius 1 is 1.44 bits per heavy atom. The number of carboxylic acid groups (broad SMARTS) is 1. The highest BCUT2D eigenvalue weighted by Crippen LogP contribution is 2.34. The largest absolute Gasteiger partial charge is 0.490 e. The van der Waals surface area contributed by atoms with E-state index in [0.717, 1.165) is 16.7 Å². The molecule has 0 radical (unpaired) electrons. The molecule has 0 aliphatic carbocycles. The van der Waals surface area contributed by atoms with E-state index in [9.17, 15) is 9.59 Å². The van der Waals surface area contributed by atoms with Gasteiger partial charge in [-0.2, -0.15) is 5.26 Å². The lowest BCUT2D eigenvalue weighted by atomic mass is 10.2. The molecule has 1 aliphatic heterocycles. The molecule has 1 N–H and O–H groups in total. The summed E-state index contributed by atoms with van der Waals surface area (Å²) in [6.07, 6.45) is 1.61. The monoisotopic (exact) mass is 378 g/mol. The summed E-state index contributed by atoms with van der Waals surface area (Å²) in [6, 6.07) is 6.92. The summed E-state index contributed by atoms with van der Waals surface area (Å²) < 4.78 is 11.0. The second-order valence-corrected chi connectivity index (χ2v) is 6.42. The maximum atomic E-state index is 12.3. The molecule has 0 bridgehead atoms. The Morgan fingerprint density at radius 2 is 2.20 bits per heavy atom. The minimum Gasteiger partial charge on any atom is -0.490 e. The molecule has 7 nitrogen and oxygen atoms in total. The highest BCUT2D eigenvalue weighted by molar-refractivity contribution is 8.26. The molecule has 1 aliphatic rings. The Bertz CT molecular complexity index is 785. The Morgan fingerprint density at radius 3 is 2.84 bits per heavy atom. The average molecular weight is 378 g/mol. The fourth-order valence-corrected chi connectivity index (χ4v) is 3.29. The van der Waals surface area contributed by atoms with Crippen molar-refractivity contribution in [2.75, 3.05) is 19.8 Å². The Hall–Kier alpha value is -2.57. The summed E-state index contributed by atoms with van der Waals surface area (Å²) in [4.78, 5) is 24.5. The quantitative estimate of drug-likeness (QED) is 0.570. The summed E-state index contributed by atoms with van der Waals surface area (Å²) >= 11 is 6.10. The number of thiocarbonyl (C=S) groups is 1. The first-order valence-corrected chi connectivity index (χ1v) is 8.42. The number of ether oxygens (including phenoxy) is 2. The number of amides is 1. The molecule has 9 heteroatoms. The van der Waals surface area contributed by atoms with Gasteiger partial charge in [-0.3, -0.25) is 14.5 Å². The van der Waals surface area contributed by atoms with Gasteiger partial charge in [0.1, 0.15) is 16.9 Å². The van der Waals surface area contributed by atoms with Crippen LogP contribution in [-0.4, -0.2) is 46.0 Å². The topological polar surface area (TPSA) is 99.9 Å². The lowest BCUT2D eigenvalue weighted by Crippen LogP contribution is -2.33. The number of rotatable bonds is 7. The zero-order chi connectivity index (χ0) is 18.4. The Labute approximate surface area is 153 Å². The van der Waals surface area contributed by atoms with Crippen LogP contribution in [0, 0.1) is 11.3 Å². The number of hydrogen-bond acceptors (Lipinski definition) is 7. The molecule has 1 saturated heterocycles. The summed E-state index contributed by atoms with van der Waals surface area (Å²) in [6.45, 7) is 1.66. The molecule has 0 aromatic heterocycles. The molecule has 130 valence electrons. The van der Waals surface area contributed by atoms with Crippen molar-refractivity contribution in [3.05, 3.63) is 28.7 Å². The molecule has 0 spiro atoms. The fraction of sp³-hybridized carbons (Fsp3) is 0.250. The number of aliphatic carboxylic acids is 1. The number of carbonyl (C=O) groups excluding carboxylic acids is 1. The minimum absolute atomic E-state index is 0.104. The van der Waals surface area contributed by atoms with Gasteiger partial charge in [0.05, 0.1) is 11.5 Å². The number of nitriles is 1. The molecule has 1 amide bonds. The van der Waals surface area contributed by atoms with Crippen LogP contribution in [0.4, 0.5) is 0 Å². The van der Waals surface area contributed by atoms with Gasteiger partial charge in [-0.1, -0.05) is 30.0 Å². The van der Waals surface area contributed by atoms with E-state index in [1.54, 1.807) is 24.3 Å². The second-order valence-electron chi connectivity index (χ2n) is 4.75. The normalized spacial score (nSPS) is 15.4. The summed E-state index contributed by atoms with van der Waals surface area (Å²) in [5.74, 6) is -0.693. The standard InChI is InChI=1S/C16H14N2O5S2/c1-2-22-12-7-10(3-4-11(12)23-6-5-17)8-13-15(21)18(9-14(19)20)16(24)25-13/h3-4,7-8H,2,6,9H2,1H3,(H,19,20)/b13-8+. The first-order valence-electron chi connectivity index (χ1n) is 7.20. The van der Waals surface area contributed by atoms with E-state index in [1.165, 1.54) is 0 Å². The van der Waals surface area contributed by atoms with Crippen molar-refractivity contribution in [2.45, 2.75) is 6.92 Å². The van der Waals surface area contributed by atoms with Gasteiger partial charge < -0.3 is 14.6 Å². The number of benzene rings is 1. The van der Waals surface area contributed by atoms with Crippen LogP contribution in [0.2, 0.25) is 0 Å². The number of carboxylic acids is 1. The first-order chi connectivity index (χ1) is 12.0. The van der Waals surface area contributed by atoms with Crippen LogP contribution in [0.1, 0.15) is 12.5 Å². The van der Waals surface area contributed by atoms with Crippen LogP contribution in [0.15, 0.2) is 23.1 Å². The summed E-state index contributed by atoms with van der Waals surface area (Å²) in [5, 5.41) is 17.5. The highest BCUT2D eigenvalue weighted by atomic mass is 32.2. The van der Waals surface area contributed by atoms with Crippen molar-refractivity contribution < 1.29 is 24.2 Å². The average Bonchev–Trinajstić information content (AvgIpc) is 2.81. The van der Waals surface area contributed by atoms with E-state index < -0.39 is 18.4 Å². The fourth-order valence-electron chi connectivity index (χ4n) is 2.03. The summed E-state index contributed by atoms with van der Waals surface area (Å²) in [7, 11) is 0. The van der Waals surface area contributed by atoms with Crippen LogP contribution < -0.4 is 9.47 Å². The zero-order valence-electron chi connectivity index (χ0n) is 13.2. The molecule has 1 aromatic carbocycles. The van der Waals surface area contributed by atoms with Crippen LogP contribution in [0.5, 0.6) is 11.5 Å². The van der Waals surface area contributed by atoms with Gasteiger partial charge in [-0.25, -0.2) is 0 Å². The molecule has 1 fully saturated rings. The molecule has 2 rings (SSSR count). The van der Waals surface area contributed by atoms with Crippen LogP contribution in [0.3, 0.4) is 0 Å². The van der Waals surface area contributed by atoms with Gasteiger partial charge in [0.15, 0.2) is 18.1 Å². The van der Waals surface area contributed by atoms with Crippen molar-refractivity contribution in [2.24, 2.45) is 0 Å². The van der Waals surface area contributed by atoms with E-state index >= 15 is 0 Å². The molecule has 1 heterocycles. The first kappa shape index (κ1) is 18.8. The van der Waals surface area contributed by atoms with Crippen molar-refractivity contribution in [3.8, 4) is 17.6 Å². The molecule has 0 saturated carbocycles. The Balaban J connectivity index is 2.27. The lowest BCUT2D eigenvalue weighted by molar-refractivity contribution is -0.140. The van der Waals surface area contributed by atoms with E-state index in [2.05, 4.69) is 0 Å². The van der Waals surface area contributed by atoms with Crippen molar-refractivity contribution in [1.82, 2.24) is 4.90 Å². The Kier molecular flexibility index (Phi) is 6.38. The third-order valence-electron chi connectivity index (χ3n) is 3.02. The molecule has 0 atom stereocenters. The van der Waals surface area contributed by atoms with Crippen molar-refractivity contribution >= 4 is 46.3 Å². The van der Waals surface area contributed by atoms with Crippen LogP contribution >= 0.6 is 24.0 Å². The van der Waals surface area contributed by atoms with Gasteiger partial charge in [0.2, 0.25) is 0 Å². The highest BCUT2D eigenvalue weighted by Gasteiger charge is 2.33. The third-order valence-corrected chi connectivity index (χ3v) is 4.40. The van der Waals surface area contributed by atoms with Gasteiger partial charge in [-0.05, 0) is 30.7 Å². The molecular weight excluding hydrogens is 364 g/mol. The van der Waals surface area contributed by atoms with Crippen molar-refractivity contribution in [1.29, 1.82) is 5.26 Å². The molecular formula is C16H14N2O5S2. The third kappa shape index (κ3) is 4.71. The predicted octanol–water partition coefficient (Wildman–Crippen LogP) is 2.27. The van der Waals surface area contributed by atoms with E-state index in [1.807, 2.05) is 13.0 Å². The van der Waals surface area contributed by atoms with Crippen LogP contribution in [0.25, 0.3) is 6.08 Å². The zero-order valence-corrected chi connectivity index (χ0v) is 14.9. The van der Waals surface area contributed by atoms with Crippen LogP contribution in [-0.2, 0) is 9.59 Å². The van der Waals surface area contributed by atoms with Gasteiger partial charge in [-0.15, -0.1) is 0 Å².